The van der Waals surface area contributed by atoms with Crippen molar-refractivity contribution in [1.82, 2.24) is 4.90 Å². The molecule has 1 aliphatic heterocycles. The fourth-order valence-electron chi connectivity index (χ4n) is 3.60. The maximum Gasteiger partial charge on any atom is 0.394 e. The lowest BCUT2D eigenvalue weighted by atomic mass is 9.90. The van der Waals surface area contributed by atoms with Crippen molar-refractivity contribution in [3.05, 3.63) is 34.9 Å². The van der Waals surface area contributed by atoms with Gasteiger partial charge in [-0.2, -0.15) is 13.2 Å². The van der Waals surface area contributed by atoms with E-state index in [1.807, 2.05) is 6.07 Å². The maximum absolute atomic E-state index is 13.0. The molecule has 2 atom stereocenters. The third-order valence-corrected chi connectivity index (χ3v) is 4.94. The molecular weight excluding hydrogens is 359 g/mol. The number of rotatable bonds is 2. The minimum Gasteiger partial charge on any atom is -0.481 e. The summed E-state index contributed by atoms with van der Waals surface area (Å²) in [5, 5.41) is 9.04. The molecule has 8 heteroatoms. The Labute approximate surface area is 149 Å². The highest BCUT2D eigenvalue weighted by Gasteiger charge is 2.53. The second-order valence-electron chi connectivity index (χ2n) is 6.49. The third kappa shape index (κ3) is 3.92. The first-order valence-electron chi connectivity index (χ1n) is 7.98. The van der Waals surface area contributed by atoms with Crippen LogP contribution in [0.4, 0.5) is 13.2 Å². The fraction of sp³-hybridized carbons (Fsp3) is 0.529. The average Bonchev–Trinajstić information content (AvgIpc) is 2.99. The molecule has 1 amide bonds. The van der Waals surface area contributed by atoms with Crippen molar-refractivity contribution in [1.29, 1.82) is 0 Å². The van der Waals surface area contributed by atoms with Crippen LogP contribution in [0.5, 0.6) is 0 Å². The Morgan fingerprint density at radius 1 is 1.08 bits per heavy atom. The van der Waals surface area contributed by atoms with Crippen molar-refractivity contribution in [3.63, 3.8) is 0 Å². The second kappa shape index (κ2) is 7.23. The topological polar surface area (TPSA) is 57.6 Å². The number of nitrogens with zero attached hydrogens (tertiary/aromatic N) is 1. The molecule has 0 radical (unpaired) electrons. The van der Waals surface area contributed by atoms with Gasteiger partial charge in [0, 0.05) is 18.7 Å². The van der Waals surface area contributed by atoms with Gasteiger partial charge < -0.3 is 10.0 Å². The summed E-state index contributed by atoms with van der Waals surface area (Å²) in [5.41, 5.74) is 2.58. The molecule has 0 bridgehead atoms. The third-order valence-electron chi connectivity index (χ3n) is 4.94. The standard InChI is InChI=1S/C17H18F3NO3.ClH/c18-17(19,20)14-9-21(8-13(14)16(23)24)15(22)12-6-5-10-3-1-2-4-11(10)7-12;/h5-7,13-14H,1-4,8-9H2,(H,23,24);1H/t13-,14-;/m1./s1. The molecule has 0 unspecified atom stereocenters. The van der Waals surface area contributed by atoms with E-state index in [2.05, 4.69) is 0 Å². The molecule has 0 spiro atoms. The lowest BCUT2D eigenvalue weighted by Crippen LogP contribution is -2.34. The highest BCUT2D eigenvalue weighted by molar-refractivity contribution is 5.95. The van der Waals surface area contributed by atoms with Crippen LogP contribution >= 0.6 is 12.4 Å². The number of carbonyl (C=O) groups is 2. The summed E-state index contributed by atoms with van der Waals surface area (Å²) in [6, 6.07) is 5.23. The summed E-state index contributed by atoms with van der Waals surface area (Å²) < 4.78 is 39.1. The van der Waals surface area contributed by atoms with Gasteiger partial charge in [-0.25, -0.2) is 0 Å². The number of carboxylic acids is 1. The smallest absolute Gasteiger partial charge is 0.394 e. The van der Waals surface area contributed by atoms with E-state index in [4.69, 9.17) is 5.11 Å². The van der Waals surface area contributed by atoms with Crippen LogP contribution in [0, 0.1) is 11.8 Å². The van der Waals surface area contributed by atoms with Crippen LogP contribution in [-0.4, -0.2) is 41.1 Å². The molecule has 138 valence electrons. The minimum absolute atomic E-state index is 0. The number of hydrogen-bond acceptors (Lipinski definition) is 2. The van der Waals surface area contributed by atoms with Crippen LogP contribution in [0.25, 0.3) is 0 Å². The number of aryl methyl sites for hydroxylation is 2. The molecule has 1 saturated heterocycles. The van der Waals surface area contributed by atoms with E-state index in [1.165, 1.54) is 5.56 Å². The monoisotopic (exact) mass is 377 g/mol. The predicted octanol–water partition coefficient (Wildman–Crippen LogP) is 3.32. The van der Waals surface area contributed by atoms with E-state index in [0.717, 1.165) is 36.1 Å². The number of fused-ring (bicyclic) bond motifs is 1. The summed E-state index contributed by atoms with van der Waals surface area (Å²) in [6.45, 7) is -1.01. The summed E-state index contributed by atoms with van der Waals surface area (Å²) in [6.07, 6.45) is -0.691. The van der Waals surface area contributed by atoms with E-state index >= 15 is 0 Å². The van der Waals surface area contributed by atoms with E-state index < -0.39 is 43.0 Å². The largest absolute Gasteiger partial charge is 0.481 e. The maximum atomic E-state index is 13.0. The molecule has 1 aromatic rings. The summed E-state index contributed by atoms with van der Waals surface area (Å²) in [7, 11) is 0. The number of aliphatic carboxylic acids is 1. The fourth-order valence-corrected chi connectivity index (χ4v) is 3.60. The first-order chi connectivity index (χ1) is 11.3. The highest BCUT2D eigenvalue weighted by atomic mass is 35.5. The molecule has 1 N–H and O–H groups in total. The van der Waals surface area contributed by atoms with Gasteiger partial charge in [-0.3, -0.25) is 9.59 Å². The summed E-state index contributed by atoms with van der Waals surface area (Å²) in [4.78, 5) is 24.7. The second-order valence-corrected chi connectivity index (χ2v) is 6.49. The zero-order valence-electron chi connectivity index (χ0n) is 13.4. The summed E-state index contributed by atoms with van der Waals surface area (Å²) >= 11 is 0. The van der Waals surface area contributed by atoms with E-state index in [0.29, 0.717) is 5.56 Å². The number of benzene rings is 1. The van der Waals surface area contributed by atoms with Gasteiger partial charge in [-0.05, 0) is 48.9 Å². The molecule has 4 nitrogen and oxygen atoms in total. The Hall–Kier alpha value is -1.76. The first kappa shape index (κ1) is 19.6. The number of hydrogen-bond donors (Lipinski definition) is 1. The van der Waals surface area contributed by atoms with Gasteiger partial charge in [0.15, 0.2) is 0 Å². The molecule has 2 aliphatic rings. The minimum atomic E-state index is -4.63. The highest BCUT2D eigenvalue weighted by Crippen LogP contribution is 2.38. The van der Waals surface area contributed by atoms with Gasteiger partial charge in [-0.15, -0.1) is 12.4 Å². The Morgan fingerprint density at radius 2 is 1.72 bits per heavy atom. The lowest BCUT2D eigenvalue weighted by Gasteiger charge is -2.20. The number of carboxylic acid groups (broad SMARTS) is 1. The quantitative estimate of drug-likeness (QED) is 0.860. The van der Waals surface area contributed by atoms with Crippen LogP contribution in [0.2, 0.25) is 0 Å². The van der Waals surface area contributed by atoms with Gasteiger partial charge in [0.05, 0.1) is 11.8 Å². The molecule has 1 aromatic carbocycles. The number of likely N-dealkylation sites (tertiary alicyclic amines) is 1. The Balaban J connectivity index is 0.00000225. The van der Waals surface area contributed by atoms with Crippen LogP contribution in [0.15, 0.2) is 18.2 Å². The molecule has 1 fully saturated rings. The van der Waals surface area contributed by atoms with Crippen LogP contribution in [-0.2, 0) is 17.6 Å². The lowest BCUT2D eigenvalue weighted by molar-refractivity contribution is -0.187. The first-order valence-corrected chi connectivity index (χ1v) is 7.98. The molecule has 3 rings (SSSR count). The van der Waals surface area contributed by atoms with Gasteiger partial charge in [0.1, 0.15) is 0 Å². The van der Waals surface area contributed by atoms with Crippen molar-refractivity contribution in [2.75, 3.05) is 13.1 Å². The van der Waals surface area contributed by atoms with Crippen molar-refractivity contribution < 1.29 is 27.9 Å². The Bertz CT molecular complexity index is 678. The van der Waals surface area contributed by atoms with Crippen LogP contribution < -0.4 is 0 Å². The Morgan fingerprint density at radius 3 is 2.28 bits per heavy atom. The van der Waals surface area contributed by atoms with Gasteiger partial charge in [0.2, 0.25) is 0 Å². The molecular formula is C17H19ClF3NO3. The van der Waals surface area contributed by atoms with E-state index in [-0.39, 0.29) is 12.4 Å². The normalized spacial score (nSPS) is 22.9. The zero-order chi connectivity index (χ0) is 17.5. The van der Waals surface area contributed by atoms with Crippen molar-refractivity contribution in [3.8, 4) is 0 Å². The van der Waals surface area contributed by atoms with Gasteiger partial charge in [-0.1, -0.05) is 6.07 Å². The Kier molecular flexibility index (Phi) is 5.66. The van der Waals surface area contributed by atoms with Crippen LogP contribution in [0.3, 0.4) is 0 Å². The zero-order valence-corrected chi connectivity index (χ0v) is 14.2. The molecule has 1 heterocycles. The van der Waals surface area contributed by atoms with Crippen molar-refractivity contribution in [2.45, 2.75) is 31.9 Å². The number of amides is 1. The van der Waals surface area contributed by atoms with Crippen molar-refractivity contribution in [2.24, 2.45) is 11.8 Å². The molecule has 1 aliphatic carbocycles. The molecule has 0 saturated carbocycles. The number of alkyl halides is 3. The van der Waals surface area contributed by atoms with E-state index in [1.54, 1.807) is 12.1 Å². The molecule has 0 aromatic heterocycles. The number of halogens is 4. The number of carbonyl (C=O) groups excluding carboxylic acids is 1. The van der Waals surface area contributed by atoms with Gasteiger partial charge in [0.25, 0.3) is 5.91 Å². The van der Waals surface area contributed by atoms with Crippen LogP contribution in [0.1, 0.15) is 34.3 Å². The van der Waals surface area contributed by atoms with Crippen molar-refractivity contribution >= 4 is 24.3 Å². The summed E-state index contributed by atoms with van der Waals surface area (Å²) in [5.74, 6) is -5.66. The van der Waals surface area contributed by atoms with E-state index in [9.17, 15) is 22.8 Å². The predicted molar refractivity (Wildman–Crippen MR) is 86.9 cm³/mol. The van der Waals surface area contributed by atoms with Gasteiger partial charge >= 0.3 is 12.1 Å². The average molecular weight is 378 g/mol. The molecule has 25 heavy (non-hydrogen) atoms. The SMILES string of the molecule is Cl.O=C(O)[C@@H]1CN(C(=O)c2ccc3c(c2)CCCC3)C[C@H]1C(F)(F)F.